The van der Waals surface area contributed by atoms with Crippen LogP contribution in [0.4, 0.5) is 40.4 Å². The van der Waals surface area contributed by atoms with Gasteiger partial charge < -0.3 is 55.1 Å². The van der Waals surface area contributed by atoms with Crippen molar-refractivity contribution < 1.29 is 51.8 Å². The number of hydrogen-bond donors (Lipinski definition) is 6. The molecule has 0 saturated carbocycles. The molecule has 0 aliphatic rings. The molecule has 12 rings (SSSR count). The molecule has 5 heterocycles. The number of aromatic nitrogens is 5. The lowest BCUT2D eigenvalue weighted by Gasteiger charge is -2.23. The fraction of sp³-hybridized carbons (Fsp3) is 0.289. The van der Waals surface area contributed by atoms with Gasteiger partial charge in [-0.15, -0.1) is 0 Å². The lowest BCUT2D eigenvalue weighted by Crippen LogP contribution is -2.25. The van der Waals surface area contributed by atoms with E-state index in [1.54, 1.807) is 24.4 Å². The molecule has 0 bridgehead atoms. The van der Waals surface area contributed by atoms with Crippen molar-refractivity contribution in [2.75, 3.05) is 81.0 Å². The molecule has 538 valence electrons. The van der Waals surface area contributed by atoms with Crippen LogP contribution in [0, 0.1) is 0 Å². The molecule has 20 heteroatoms. The molecular formula is C83H91F4N9O7. The number of rotatable bonds is 27. The van der Waals surface area contributed by atoms with E-state index >= 15 is 0 Å². The maximum atomic E-state index is 12.3. The Bertz CT molecular complexity index is 4470. The van der Waals surface area contributed by atoms with Crippen LogP contribution in [0.15, 0.2) is 212 Å². The minimum atomic E-state index is -1.10. The maximum absolute atomic E-state index is 12.3. The van der Waals surface area contributed by atoms with Crippen LogP contribution in [0.2, 0.25) is 0 Å². The zero-order valence-electron chi connectivity index (χ0n) is 59.6. The fourth-order valence-corrected chi connectivity index (χ4v) is 10.5. The van der Waals surface area contributed by atoms with Gasteiger partial charge in [0.2, 0.25) is 0 Å². The summed E-state index contributed by atoms with van der Waals surface area (Å²) in [6.45, 7) is 13.8. The molecule has 0 amide bonds. The van der Waals surface area contributed by atoms with E-state index in [0.717, 1.165) is 106 Å². The van der Waals surface area contributed by atoms with Gasteiger partial charge in [0.15, 0.2) is 0 Å². The number of benzene rings is 7. The van der Waals surface area contributed by atoms with E-state index in [2.05, 4.69) is 154 Å². The highest BCUT2D eigenvalue weighted by atomic mass is 19.1. The number of ether oxygens (including phenoxy) is 4. The molecule has 3 atom stereocenters. The molecule has 0 fully saturated rings. The van der Waals surface area contributed by atoms with Gasteiger partial charge in [-0.05, 0) is 201 Å². The van der Waals surface area contributed by atoms with Gasteiger partial charge in [-0.3, -0.25) is 0 Å². The number of halogens is 4. The second-order valence-electron chi connectivity index (χ2n) is 25.8. The summed E-state index contributed by atoms with van der Waals surface area (Å²) in [7, 11) is 2.08. The lowest BCUT2D eigenvalue weighted by atomic mass is 10.1. The number of alkyl halides is 4. The number of nitrogens with one attached hydrogen (secondary N) is 3. The Morgan fingerprint density at radius 1 is 0.369 bits per heavy atom. The molecule has 0 aliphatic carbocycles. The molecular weight excluding hydrogens is 1310 g/mol. The van der Waals surface area contributed by atoms with Gasteiger partial charge in [0.05, 0.1) is 44.8 Å². The zero-order valence-corrected chi connectivity index (χ0v) is 59.6. The van der Waals surface area contributed by atoms with E-state index in [-0.39, 0.29) is 26.4 Å². The molecule has 0 aliphatic heterocycles. The quantitative estimate of drug-likeness (QED) is 0.0265. The van der Waals surface area contributed by atoms with Gasteiger partial charge in [0.1, 0.15) is 100 Å². The summed E-state index contributed by atoms with van der Waals surface area (Å²) >= 11 is 0. The van der Waals surface area contributed by atoms with Crippen molar-refractivity contribution in [2.45, 2.75) is 97.9 Å². The molecule has 0 saturated heterocycles. The largest absolute Gasteiger partial charge is 0.491 e. The summed E-state index contributed by atoms with van der Waals surface area (Å²) in [6.07, 6.45) is -1.50. The van der Waals surface area contributed by atoms with Crippen molar-refractivity contribution in [3.63, 3.8) is 0 Å². The van der Waals surface area contributed by atoms with Gasteiger partial charge in [0, 0.05) is 98.3 Å². The summed E-state index contributed by atoms with van der Waals surface area (Å²) in [4.78, 5) is 25.4. The van der Waals surface area contributed by atoms with Gasteiger partial charge in [-0.25, -0.2) is 42.5 Å². The first-order valence-electron chi connectivity index (χ1n) is 34.5. The number of fused-ring (bicyclic) bond motifs is 4. The van der Waals surface area contributed by atoms with Gasteiger partial charge in [-0.1, -0.05) is 60.7 Å². The van der Waals surface area contributed by atoms with Crippen molar-refractivity contribution in [2.24, 2.45) is 0 Å². The Morgan fingerprint density at radius 2 is 0.689 bits per heavy atom. The van der Waals surface area contributed by atoms with Gasteiger partial charge >= 0.3 is 0 Å². The highest BCUT2D eigenvalue weighted by molar-refractivity contribution is 5.86. The number of anilines is 4. The molecule has 5 aromatic heterocycles. The maximum Gasteiger partial charge on any atom is 0.126 e. The summed E-state index contributed by atoms with van der Waals surface area (Å²) in [5.41, 5.74) is 14.5. The van der Waals surface area contributed by atoms with Crippen LogP contribution in [0.3, 0.4) is 0 Å². The Kier molecular flexibility index (Phi) is 28.1. The number of aliphatic hydroxyl groups excluding tert-OH is 3. The summed E-state index contributed by atoms with van der Waals surface area (Å²) in [5, 5.41) is 41.5. The minimum Gasteiger partial charge on any atom is -0.491 e. The first-order chi connectivity index (χ1) is 49.7. The normalized spacial score (nSPS) is 12.0. The first-order valence-corrected chi connectivity index (χ1v) is 34.5. The molecule has 0 spiro atoms. The first kappa shape index (κ1) is 76.5. The zero-order chi connectivity index (χ0) is 73.4. The second-order valence-corrected chi connectivity index (χ2v) is 25.8. The van der Waals surface area contributed by atoms with Crippen LogP contribution in [0.5, 0.6) is 23.0 Å². The Hall–Kier alpha value is -10.7. The third-order valence-corrected chi connectivity index (χ3v) is 16.0. The summed E-state index contributed by atoms with van der Waals surface area (Å²) < 4.78 is 70.6. The van der Waals surface area contributed by atoms with Crippen LogP contribution < -0.4 is 39.8 Å². The average Bonchev–Trinajstić information content (AvgIpc) is 0.830. The predicted molar refractivity (Wildman–Crippen MR) is 410 cm³/mol. The molecule has 103 heavy (non-hydrogen) atoms. The van der Waals surface area contributed by atoms with E-state index in [1.165, 1.54) is 5.69 Å². The van der Waals surface area contributed by atoms with Crippen molar-refractivity contribution in [1.82, 2.24) is 24.9 Å². The van der Waals surface area contributed by atoms with Crippen LogP contribution in [-0.4, -0.2) is 143 Å². The van der Waals surface area contributed by atoms with Crippen molar-refractivity contribution >= 4 is 66.5 Å². The van der Waals surface area contributed by atoms with E-state index in [0.29, 0.717) is 47.2 Å². The van der Waals surface area contributed by atoms with Gasteiger partial charge in [-0.2, -0.15) is 0 Å². The Morgan fingerprint density at radius 3 is 0.990 bits per heavy atom. The molecule has 16 nitrogen and oxygen atoms in total. The summed E-state index contributed by atoms with van der Waals surface area (Å²) in [5.74, 6) is 3.25. The van der Waals surface area contributed by atoms with Crippen LogP contribution in [0.25, 0.3) is 88.6 Å². The predicted octanol–water partition coefficient (Wildman–Crippen LogP) is 17.8. The molecule has 7 aromatic carbocycles. The number of pyridine rings is 5. The monoisotopic (exact) mass is 1400 g/mol. The summed E-state index contributed by atoms with van der Waals surface area (Å²) in [6, 6.07) is 68.2. The van der Waals surface area contributed by atoms with Crippen LogP contribution >= 0.6 is 0 Å². The van der Waals surface area contributed by atoms with E-state index in [1.807, 2.05) is 127 Å². The number of nitrogens with zero attached hydrogens (tertiary/aromatic N) is 6. The van der Waals surface area contributed by atoms with Crippen molar-refractivity contribution in [3.8, 4) is 68.0 Å². The standard InChI is InChI=1S/C22H25FN2O2.C21H23FN2O2.C20H22FN3O2.C20H21FN2O/c1-15(2)25(3)18-7-4-16(5-8-18)21-10-6-17-12-20(9-11-22(17)24-21)27-14-19(26)13-23;1-14(2)23-17-6-3-15(4-7-17)20-9-5-16-11-19(8-10-21(16)24-20)26-13-18(25)12-22;1-13(2)23-20-8-4-15(11-22-20)19-6-3-14-9-17(5-7-18(14)24-19)26-12-16(25)10-21;1-14(2)22-17-6-3-15(4-7-17)19-9-5-16-13-18(24-12-11-21)8-10-20(16)23-19/h4-12,15,19,26H,13-14H2,1-3H3;3-11,14,18,23,25H,12-13H2,1-2H3;3-9,11,13,16,25H,10,12H2,1-2H3,(H,22,23);3-10,13-14,22H,11-12H2,1-2H3. The van der Waals surface area contributed by atoms with E-state index < -0.39 is 45.0 Å². The van der Waals surface area contributed by atoms with Crippen LogP contribution in [-0.2, 0) is 0 Å². The molecule has 12 aromatic rings. The average molecular weight is 1400 g/mol. The SMILES string of the molecule is CC(C)N(C)c1ccc(-c2ccc3cc(OCC(O)CF)ccc3n2)cc1.CC(C)Nc1ccc(-c2ccc3cc(OCC(O)CF)ccc3n2)cc1.CC(C)Nc1ccc(-c2ccc3cc(OCC(O)CF)ccc3n2)cn1.CC(C)Nc1ccc(-c2ccc3cc(OCCF)ccc3n2)cc1. The fourth-order valence-electron chi connectivity index (χ4n) is 10.5. The van der Waals surface area contributed by atoms with Gasteiger partial charge in [0.25, 0.3) is 0 Å². The van der Waals surface area contributed by atoms with Crippen molar-refractivity contribution in [3.05, 3.63) is 212 Å². The highest BCUT2D eigenvalue weighted by Gasteiger charge is 2.13. The second kappa shape index (κ2) is 37.8. The van der Waals surface area contributed by atoms with E-state index in [4.69, 9.17) is 33.9 Å². The number of hydrogen-bond acceptors (Lipinski definition) is 16. The Labute approximate surface area is 599 Å². The lowest BCUT2D eigenvalue weighted by molar-refractivity contribution is 0.0842. The molecule has 6 N–H and O–H groups in total. The van der Waals surface area contributed by atoms with Crippen LogP contribution in [0.1, 0.15) is 55.4 Å². The number of aliphatic hydroxyl groups is 3. The third-order valence-electron chi connectivity index (χ3n) is 16.0. The molecule has 3 unspecified atom stereocenters. The molecule has 0 radical (unpaired) electrons. The topological polar surface area (TPSA) is 201 Å². The third kappa shape index (κ3) is 22.9. The smallest absolute Gasteiger partial charge is 0.126 e. The van der Waals surface area contributed by atoms with Crippen molar-refractivity contribution in [1.29, 1.82) is 0 Å². The highest BCUT2D eigenvalue weighted by Crippen LogP contribution is 2.31. The Balaban J connectivity index is 0.000000160. The van der Waals surface area contributed by atoms with E-state index in [9.17, 15) is 32.9 Å². The minimum absolute atomic E-state index is 0.0648.